The van der Waals surface area contributed by atoms with Gasteiger partial charge in [0.15, 0.2) is 11.6 Å². The van der Waals surface area contributed by atoms with E-state index in [2.05, 4.69) is 25.3 Å². The van der Waals surface area contributed by atoms with Gasteiger partial charge in [0.05, 0.1) is 11.6 Å². The van der Waals surface area contributed by atoms with Crippen molar-refractivity contribution in [1.29, 1.82) is 0 Å². The molecule has 0 unspecified atom stereocenters. The van der Waals surface area contributed by atoms with E-state index in [0.717, 1.165) is 36.6 Å². The van der Waals surface area contributed by atoms with Gasteiger partial charge < -0.3 is 10.2 Å². The van der Waals surface area contributed by atoms with Gasteiger partial charge in [0, 0.05) is 36.1 Å². The Balaban J connectivity index is 1.48. The molecule has 0 bridgehead atoms. The molecule has 1 aliphatic rings. The summed E-state index contributed by atoms with van der Waals surface area (Å²) in [5, 5.41) is 7.46. The largest absolute Gasteiger partial charge is 0.356 e. The van der Waals surface area contributed by atoms with Crippen LogP contribution in [0.15, 0.2) is 42.7 Å². The number of ketones is 1. The van der Waals surface area contributed by atoms with Gasteiger partial charge in [0.25, 0.3) is 0 Å². The molecule has 0 saturated carbocycles. The molecule has 8 heteroatoms. The third-order valence-corrected chi connectivity index (χ3v) is 5.52. The van der Waals surface area contributed by atoms with Crippen LogP contribution in [0.3, 0.4) is 0 Å². The smallest absolute Gasteiger partial charge is 0.229 e. The number of aryl methyl sites for hydroxylation is 2. The number of Topliss-reactive ketones (excluding diaryl/α,β-unsaturated/α-hetero) is 1. The number of benzene rings is 1. The van der Waals surface area contributed by atoms with Crippen LogP contribution < -0.4 is 10.2 Å². The first-order chi connectivity index (χ1) is 14.9. The van der Waals surface area contributed by atoms with Gasteiger partial charge in [-0.2, -0.15) is 5.10 Å². The molecule has 1 amide bonds. The Morgan fingerprint density at radius 1 is 1.10 bits per heavy atom. The summed E-state index contributed by atoms with van der Waals surface area (Å²) < 4.78 is 1.80. The number of anilines is 2. The van der Waals surface area contributed by atoms with Gasteiger partial charge in [-0.3, -0.25) is 9.59 Å². The maximum atomic E-state index is 12.9. The number of nitrogens with one attached hydrogen (secondary N) is 1. The maximum absolute atomic E-state index is 12.9. The quantitative estimate of drug-likeness (QED) is 0.639. The Hall–Kier alpha value is -3.55. The molecule has 1 aliphatic heterocycles. The average Bonchev–Trinajstić information content (AvgIpc) is 3.12. The molecular formula is C23H26N6O2. The van der Waals surface area contributed by atoms with Crippen LogP contribution in [0.4, 0.5) is 11.5 Å². The van der Waals surface area contributed by atoms with E-state index in [1.807, 2.05) is 26.0 Å². The lowest BCUT2D eigenvalue weighted by Crippen LogP contribution is -2.41. The normalized spacial score (nSPS) is 16.2. The van der Waals surface area contributed by atoms with Crippen molar-refractivity contribution in [2.75, 3.05) is 23.3 Å². The molecule has 1 fully saturated rings. The summed E-state index contributed by atoms with van der Waals surface area (Å²) in [4.78, 5) is 35.4. The highest BCUT2D eigenvalue weighted by molar-refractivity contribution is 5.97. The van der Waals surface area contributed by atoms with Crippen molar-refractivity contribution in [3.8, 4) is 5.82 Å². The van der Waals surface area contributed by atoms with Crippen molar-refractivity contribution < 1.29 is 9.59 Å². The first-order valence-electron chi connectivity index (χ1n) is 10.4. The van der Waals surface area contributed by atoms with Crippen molar-refractivity contribution >= 4 is 23.2 Å². The Kier molecular flexibility index (Phi) is 5.79. The minimum atomic E-state index is -0.165. The molecule has 8 nitrogen and oxygen atoms in total. The number of hydrogen-bond acceptors (Lipinski definition) is 6. The molecule has 0 radical (unpaired) electrons. The van der Waals surface area contributed by atoms with Gasteiger partial charge in [0.1, 0.15) is 12.1 Å². The summed E-state index contributed by atoms with van der Waals surface area (Å²) in [5.41, 5.74) is 3.16. The summed E-state index contributed by atoms with van der Waals surface area (Å²) in [6.45, 7) is 6.86. The Bertz CT molecular complexity index is 1120. The second kappa shape index (κ2) is 8.67. The van der Waals surface area contributed by atoms with E-state index >= 15 is 0 Å². The number of nitrogens with zero attached hydrogens (tertiary/aromatic N) is 5. The molecule has 160 valence electrons. The van der Waals surface area contributed by atoms with Crippen LogP contribution >= 0.6 is 0 Å². The van der Waals surface area contributed by atoms with Gasteiger partial charge in [-0.25, -0.2) is 14.6 Å². The zero-order valence-corrected chi connectivity index (χ0v) is 18.0. The SMILES string of the molecule is CC(=O)c1cccc(NC(=O)[C@@H]2CCCN(c3cc(-n4nc(C)cc4C)ncn3)C2)c1. The molecule has 4 rings (SSSR count). The van der Waals surface area contributed by atoms with Gasteiger partial charge in [-0.05, 0) is 51.8 Å². The molecule has 1 atom stereocenters. The molecular weight excluding hydrogens is 392 g/mol. The van der Waals surface area contributed by atoms with Gasteiger partial charge in [-0.1, -0.05) is 12.1 Å². The number of amides is 1. The van der Waals surface area contributed by atoms with Crippen molar-refractivity contribution in [3.05, 3.63) is 59.7 Å². The fraction of sp³-hybridized carbons (Fsp3) is 0.348. The third kappa shape index (κ3) is 4.63. The first kappa shape index (κ1) is 20.7. The number of aromatic nitrogens is 4. The number of hydrogen-bond donors (Lipinski definition) is 1. The first-order valence-corrected chi connectivity index (χ1v) is 10.4. The maximum Gasteiger partial charge on any atom is 0.229 e. The van der Waals surface area contributed by atoms with Crippen LogP contribution in [0.2, 0.25) is 0 Å². The molecule has 31 heavy (non-hydrogen) atoms. The standard InChI is InChI=1S/C23H26N6O2/c1-15-10-16(2)29(27-15)22-12-21(24-14-25-22)28-9-5-7-19(13-28)23(31)26-20-8-4-6-18(11-20)17(3)30/h4,6,8,10-12,14,19H,5,7,9,13H2,1-3H3,(H,26,31)/t19-/m1/s1. The van der Waals surface area contributed by atoms with Gasteiger partial charge >= 0.3 is 0 Å². The predicted molar refractivity (Wildman–Crippen MR) is 119 cm³/mol. The van der Waals surface area contributed by atoms with Crippen molar-refractivity contribution in [2.45, 2.75) is 33.6 Å². The number of carbonyl (C=O) groups excluding carboxylic acids is 2. The van der Waals surface area contributed by atoms with E-state index in [1.165, 1.54) is 13.3 Å². The number of rotatable bonds is 5. The highest BCUT2D eigenvalue weighted by atomic mass is 16.2. The topological polar surface area (TPSA) is 93.0 Å². The summed E-state index contributed by atoms with van der Waals surface area (Å²) in [6.07, 6.45) is 3.24. The molecule has 1 saturated heterocycles. The lowest BCUT2D eigenvalue weighted by molar-refractivity contribution is -0.120. The summed E-state index contributed by atoms with van der Waals surface area (Å²) in [7, 11) is 0. The van der Waals surface area contributed by atoms with E-state index in [0.29, 0.717) is 23.6 Å². The van der Waals surface area contributed by atoms with Crippen LogP contribution in [0.25, 0.3) is 5.82 Å². The minimum absolute atomic E-state index is 0.0258. The third-order valence-electron chi connectivity index (χ3n) is 5.52. The highest BCUT2D eigenvalue weighted by Gasteiger charge is 2.27. The molecule has 1 N–H and O–H groups in total. The zero-order valence-electron chi connectivity index (χ0n) is 18.0. The minimum Gasteiger partial charge on any atom is -0.356 e. The molecule has 0 aliphatic carbocycles. The molecule has 1 aromatic carbocycles. The molecule has 2 aromatic heterocycles. The van der Waals surface area contributed by atoms with E-state index in [-0.39, 0.29) is 17.6 Å². The Morgan fingerprint density at radius 2 is 1.90 bits per heavy atom. The molecule has 3 aromatic rings. The van der Waals surface area contributed by atoms with Gasteiger partial charge in [0.2, 0.25) is 5.91 Å². The lowest BCUT2D eigenvalue weighted by Gasteiger charge is -2.33. The van der Waals surface area contributed by atoms with E-state index < -0.39 is 0 Å². The fourth-order valence-corrected chi connectivity index (χ4v) is 3.95. The van der Waals surface area contributed by atoms with E-state index in [1.54, 1.807) is 28.9 Å². The molecule has 0 spiro atoms. The summed E-state index contributed by atoms with van der Waals surface area (Å²) in [6, 6.07) is 11.0. The van der Waals surface area contributed by atoms with Gasteiger partial charge in [-0.15, -0.1) is 0 Å². The Morgan fingerprint density at radius 3 is 2.65 bits per heavy atom. The second-order valence-electron chi connectivity index (χ2n) is 7.98. The van der Waals surface area contributed by atoms with Crippen LogP contribution in [0, 0.1) is 19.8 Å². The average molecular weight is 419 g/mol. The van der Waals surface area contributed by atoms with Crippen LogP contribution in [0.1, 0.15) is 41.5 Å². The van der Waals surface area contributed by atoms with Crippen LogP contribution in [-0.2, 0) is 4.79 Å². The van der Waals surface area contributed by atoms with Crippen molar-refractivity contribution in [3.63, 3.8) is 0 Å². The van der Waals surface area contributed by atoms with Crippen molar-refractivity contribution in [1.82, 2.24) is 19.7 Å². The zero-order chi connectivity index (χ0) is 22.0. The highest BCUT2D eigenvalue weighted by Crippen LogP contribution is 2.24. The Labute approximate surface area is 181 Å². The lowest BCUT2D eigenvalue weighted by atomic mass is 9.97. The number of carbonyl (C=O) groups is 2. The number of piperidine rings is 1. The fourth-order valence-electron chi connectivity index (χ4n) is 3.95. The van der Waals surface area contributed by atoms with Crippen LogP contribution in [-0.4, -0.2) is 44.5 Å². The van der Waals surface area contributed by atoms with Crippen LogP contribution in [0.5, 0.6) is 0 Å². The second-order valence-corrected chi connectivity index (χ2v) is 7.98. The van der Waals surface area contributed by atoms with Crippen molar-refractivity contribution in [2.24, 2.45) is 5.92 Å². The monoisotopic (exact) mass is 418 g/mol. The molecule has 3 heterocycles. The summed E-state index contributed by atoms with van der Waals surface area (Å²) in [5.74, 6) is 1.26. The predicted octanol–water partition coefficient (Wildman–Crippen LogP) is 3.34. The summed E-state index contributed by atoms with van der Waals surface area (Å²) >= 11 is 0. The van der Waals surface area contributed by atoms with E-state index in [4.69, 9.17) is 0 Å². The van der Waals surface area contributed by atoms with E-state index in [9.17, 15) is 9.59 Å².